The summed E-state index contributed by atoms with van der Waals surface area (Å²) in [5.74, 6) is 2.62. The number of aromatic amines is 1. The second-order valence-corrected chi connectivity index (χ2v) is 6.03. The molecule has 0 spiro atoms. The van der Waals surface area contributed by atoms with Crippen molar-refractivity contribution in [1.29, 1.82) is 0 Å². The quantitative estimate of drug-likeness (QED) is 0.591. The van der Waals surface area contributed by atoms with Gasteiger partial charge in [-0.3, -0.25) is 5.10 Å². The SMILES string of the molecule is Cc1nc(Nc2nc(-c3cccc(C)c3C)nc3ccccc23)n[nH]1. The maximum absolute atomic E-state index is 4.76. The van der Waals surface area contributed by atoms with Crippen molar-refractivity contribution in [3.05, 3.63) is 59.4 Å². The van der Waals surface area contributed by atoms with Gasteiger partial charge in [0.2, 0.25) is 5.95 Å². The number of H-pyrrole nitrogens is 1. The fourth-order valence-electron chi connectivity index (χ4n) is 2.79. The highest BCUT2D eigenvalue weighted by atomic mass is 15.3. The predicted molar refractivity (Wildman–Crippen MR) is 98.9 cm³/mol. The number of aryl methyl sites for hydroxylation is 2. The molecule has 124 valence electrons. The van der Waals surface area contributed by atoms with E-state index in [0.29, 0.717) is 17.6 Å². The van der Waals surface area contributed by atoms with E-state index in [1.807, 2.05) is 43.3 Å². The summed E-state index contributed by atoms with van der Waals surface area (Å²) < 4.78 is 0. The molecule has 0 aliphatic heterocycles. The summed E-state index contributed by atoms with van der Waals surface area (Å²) >= 11 is 0. The van der Waals surface area contributed by atoms with E-state index in [2.05, 4.69) is 40.4 Å². The Morgan fingerprint density at radius 3 is 2.52 bits per heavy atom. The van der Waals surface area contributed by atoms with Gasteiger partial charge in [-0.2, -0.15) is 4.98 Å². The number of fused-ring (bicyclic) bond motifs is 1. The van der Waals surface area contributed by atoms with E-state index >= 15 is 0 Å². The molecule has 0 radical (unpaired) electrons. The van der Waals surface area contributed by atoms with Gasteiger partial charge in [0.25, 0.3) is 0 Å². The van der Waals surface area contributed by atoms with Crippen molar-refractivity contribution in [2.24, 2.45) is 0 Å². The Labute approximate surface area is 145 Å². The number of benzene rings is 2. The van der Waals surface area contributed by atoms with Crippen LogP contribution in [0.1, 0.15) is 17.0 Å². The van der Waals surface area contributed by atoms with E-state index in [1.54, 1.807) is 0 Å². The molecule has 4 rings (SSSR count). The van der Waals surface area contributed by atoms with Crippen LogP contribution in [0.2, 0.25) is 0 Å². The van der Waals surface area contributed by atoms with Crippen molar-refractivity contribution in [1.82, 2.24) is 25.1 Å². The third-order valence-corrected chi connectivity index (χ3v) is 4.28. The first-order valence-corrected chi connectivity index (χ1v) is 8.11. The molecule has 0 aliphatic rings. The van der Waals surface area contributed by atoms with E-state index in [4.69, 9.17) is 9.97 Å². The molecule has 6 heteroatoms. The zero-order valence-electron chi connectivity index (χ0n) is 14.3. The number of rotatable bonds is 3. The number of hydrogen-bond acceptors (Lipinski definition) is 5. The number of aromatic nitrogens is 5. The summed E-state index contributed by atoms with van der Waals surface area (Å²) in [4.78, 5) is 13.8. The Morgan fingerprint density at radius 1 is 0.880 bits per heavy atom. The lowest BCUT2D eigenvalue weighted by Gasteiger charge is -2.11. The van der Waals surface area contributed by atoms with Gasteiger partial charge in [0.15, 0.2) is 5.82 Å². The standard InChI is InChI=1S/C19H18N6/c1-11-7-6-9-14(12(11)2)17-21-16-10-5-4-8-15(16)18(22-17)23-19-20-13(3)24-25-19/h4-10H,1-3H3,(H2,20,21,22,23,24,25). The first kappa shape index (κ1) is 15.3. The highest BCUT2D eigenvalue weighted by Crippen LogP contribution is 2.28. The highest BCUT2D eigenvalue weighted by molar-refractivity contribution is 5.91. The van der Waals surface area contributed by atoms with Crippen molar-refractivity contribution < 1.29 is 0 Å². The largest absolute Gasteiger partial charge is 0.307 e. The van der Waals surface area contributed by atoms with Gasteiger partial charge in [0, 0.05) is 10.9 Å². The van der Waals surface area contributed by atoms with Crippen LogP contribution in [0.4, 0.5) is 11.8 Å². The molecule has 0 amide bonds. The van der Waals surface area contributed by atoms with Gasteiger partial charge < -0.3 is 5.32 Å². The predicted octanol–water partition coefficient (Wildman–Crippen LogP) is 4.08. The average molecular weight is 330 g/mol. The minimum Gasteiger partial charge on any atom is -0.307 e. The van der Waals surface area contributed by atoms with Crippen LogP contribution >= 0.6 is 0 Å². The van der Waals surface area contributed by atoms with Crippen LogP contribution in [0.15, 0.2) is 42.5 Å². The second kappa shape index (κ2) is 5.98. The summed E-state index contributed by atoms with van der Waals surface area (Å²) in [5.41, 5.74) is 4.30. The molecule has 25 heavy (non-hydrogen) atoms. The maximum atomic E-state index is 4.76. The molecular formula is C19H18N6. The molecule has 0 aliphatic carbocycles. The van der Waals surface area contributed by atoms with Crippen molar-refractivity contribution in [2.45, 2.75) is 20.8 Å². The fraction of sp³-hybridized carbons (Fsp3) is 0.158. The number of hydrogen-bond donors (Lipinski definition) is 2. The van der Waals surface area contributed by atoms with Gasteiger partial charge in [-0.15, -0.1) is 5.10 Å². The molecular weight excluding hydrogens is 312 g/mol. The minimum absolute atomic E-state index is 0.494. The van der Waals surface area contributed by atoms with Crippen LogP contribution in [0.25, 0.3) is 22.3 Å². The number of nitrogens with zero attached hydrogens (tertiary/aromatic N) is 4. The van der Waals surface area contributed by atoms with E-state index in [0.717, 1.165) is 22.3 Å². The maximum Gasteiger partial charge on any atom is 0.247 e. The van der Waals surface area contributed by atoms with Gasteiger partial charge in [-0.05, 0) is 44.0 Å². The Kier molecular flexibility index (Phi) is 3.65. The molecule has 0 unspecified atom stereocenters. The van der Waals surface area contributed by atoms with Crippen LogP contribution in [-0.4, -0.2) is 25.1 Å². The van der Waals surface area contributed by atoms with Crippen molar-refractivity contribution >= 4 is 22.7 Å². The van der Waals surface area contributed by atoms with Crippen LogP contribution in [0.3, 0.4) is 0 Å². The van der Waals surface area contributed by atoms with Gasteiger partial charge in [0.1, 0.15) is 11.6 Å². The molecule has 0 atom stereocenters. The summed E-state index contributed by atoms with van der Waals surface area (Å²) in [6, 6.07) is 14.1. The van der Waals surface area contributed by atoms with Gasteiger partial charge >= 0.3 is 0 Å². The highest BCUT2D eigenvalue weighted by Gasteiger charge is 2.13. The lowest BCUT2D eigenvalue weighted by molar-refractivity contribution is 1.04. The van der Waals surface area contributed by atoms with Crippen LogP contribution < -0.4 is 5.32 Å². The molecule has 0 fully saturated rings. The molecule has 0 saturated carbocycles. The van der Waals surface area contributed by atoms with Crippen molar-refractivity contribution in [2.75, 3.05) is 5.32 Å². The van der Waals surface area contributed by atoms with Crippen molar-refractivity contribution in [3.8, 4) is 11.4 Å². The Morgan fingerprint density at radius 2 is 1.72 bits per heavy atom. The molecule has 2 aromatic heterocycles. The Hall–Kier alpha value is -3.28. The fourth-order valence-corrected chi connectivity index (χ4v) is 2.79. The van der Waals surface area contributed by atoms with Gasteiger partial charge in [-0.25, -0.2) is 9.97 Å². The normalized spacial score (nSPS) is 11.0. The number of para-hydroxylation sites is 1. The summed E-state index contributed by atoms with van der Waals surface area (Å²) in [5, 5.41) is 11.1. The molecule has 2 N–H and O–H groups in total. The first-order chi connectivity index (χ1) is 12.1. The molecule has 4 aromatic rings. The average Bonchev–Trinajstić information content (AvgIpc) is 3.02. The Bertz CT molecular complexity index is 1070. The molecule has 6 nitrogen and oxygen atoms in total. The number of anilines is 2. The second-order valence-electron chi connectivity index (χ2n) is 6.03. The smallest absolute Gasteiger partial charge is 0.247 e. The zero-order valence-corrected chi connectivity index (χ0v) is 14.3. The third-order valence-electron chi connectivity index (χ3n) is 4.28. The van der Waals surface area contributed by atoms with E-state index in [-0.39, 0.29) is 0 Å². The molecule has 0 saturated heterocycles. The number of nitrogens with one attached hydrogen (secondary N) is 2. The van der Waals surface area contributed by atoms with Gasteiger partial charge in [-0.1, -0.05) is 30.3 Å². The molecule has 2 heterocycles. The summed E-state index contributed by atoms with van der Waals surface area (Å²) in [7, 11) is 0. The van der Waals surface area contributed by atoms with E-state index < -0.39 is 0 Å². The van der Waals surface area contributed by atoms with Gasteiger partial charge in [0.05, 0.1) is 5.52 Å². The van der Waals surface area contributed by atoms with Crippen LogP contribution in [0, 0.1) is 20.8 Å². The van der Waals surface area contributed by atoms with E-state index in [1.165, 1.54) is 11.1 Å². The third kappa shape index (κ3) is 2.82. The summed E-state index contributed by atoms with van der Waals surface area (Å²) in [6.07, 6.45) is 0. The Balaban J connectivity index is 1.90. The first-order valence-electron chi connectivity index (χ1n) is 8.11. The van der Waals surface area contributed by atoms with Crippen LogP contribution in [-0.2, 0) is 0 Å². The summed E-state index contributed by atoms with van der Waals surface area (Å²) in [6.45, 7) is 6.04. The minimum atomic E-state index is 0.494. The molecule has 2 aromatic carbocycles. The monoisotopic (exact) mass is 330 g/mol. The van der Waals surface area contributed by atoms with E-state index in [9.17, 15) is 0 Å². The lowest BCUT2D eigenvalue weighted by Crippen LogP contribution is -2.01. The zero-order chi connectivity index (χ0) is 17.4. The van der Waals surface area contributed by atoms with Crippen molar-refractivity contribution in [3.63, 3.8) is 0 Å². The van der Waals surface area contributed by atoms with Crippen LogP contribution in [0.5, 0.6) is 0 Å². The lowest BCUT2D eigenvalue weighted by atomic mass is 10.0. The molecule has 0 bridgehead atoms. The topological polar surface area (TPSA) is 79.4 Å².